The molecule has 4 heteroatoms. The molecule has 0 aliphatic heterocycles. The zero-order chi connectivity index (χ0) is 15.7. The number of ether oxygens (including phenoxy) is 1. The zero-order valence-corrected chi connectivity index (χ0v) is 14.4. The van der Waals surface area contributed by atoms with Gasteiger partial charge in [-0.2, -0.15) is 0 Å². The second kappa shape index (κ2) is 6.28. The molecule has 0 radical (unpaired) electrons. The van der Waals surface area contributed by atoms with Crippen LogP contribution in [-0.2, 0) is 4.74 Å². The normalized spacial score (nSPS) is 20.2. The Hall–Kier alpha value is -0.570. The molecule has 0 amide bonds. The molecular formula is C17H22Cl2O2. The number of hydrogen-bond donors (Lipinski definition) is 0. The van der Waals surface area contributed by atoms with Crippen molar-refractivity contribution < 1.29 is 9.53 Å². The lowest BCUT2D eigenvalue weighted by molar-refractivity contribution is -0.0580. The number of ketones is 1. The molecule has 0 saturated heterocycles. The molecule has 0 bridgehead atoms. The first-order valence-corrected chi connectivity index (χ1v) is 8.20. The van der Waals surface area contributed by atoms with Crippen molar-refractivity contribution in [2.75, 3.05) is 6.61 Å². The highest BCUT2D eigenvalue weighted by Gasteiger charge is 2.45. The van der Waals surface area contributed by atoms with E-state index in [0.29, 0.717) is 22.2 Å². The Balaban J connectivity index is 2.34. The fourth-order valence-electron chi connectivity index (χ4n) is 2.97. The SMILES string of the molecule is CCOC1(C(=O)c2cccc(Cl)c2Cl)CCC(C)(C)CC1. The molecule has 0 heterocycles. The lowest BCUT2D eigenvalue weighted by Gasteiger charge is -2.42. The quantitative estimate of drug-likeness (QED) is 0.677. The molecule has 116 valence electrons. The van der Waals surface area contributed by atoms with Crippen LogP contribution in [0.25, 0.3) is 0 Å². The molecule has 1 aromatic carbocycles. The molecule has 21 heavy (non-hydrogen) atoms. The standard InChI is InChI=1S/C17H22Cl2O2/c1-4-21-17(10-8-16(2,3)9-11-17)15(20)12-6-5-7-13(18)14(12)19/h5-7H,4,8-11H2,1-3H3. The second-order valence-corrected chi connectivity index (χ2v) is 7.31. The van der Waals surface area contributed by atoms with Gasteiger partial charge in [-0.05, 0) is 50.2 Å². The zero-order valence-electron chi connectivity index (χ0n) is 12.8. The highest BCUT2D eigenvalue weighted by atomic mass is 35.5. The van der Waals surface area contributed by atoms with Crippen molar-refractivity contribution in [3.63, 3.8) is 0 Å². The van der Waals surface area contributed by atoms with E-state index in [0.717, 1.165) is 25.7 Å². The summed E-state index contributed by atoms with van der Waals surface area (Å²) >= 11 is 12.3. The summed E-state index contributed by atoms with van der Waals surface area (Å²) in [5.41, 5.74) is -0.0187. The summed E-state index contributed by atoms with van der Waals surface area (Å²) in [6, 6.07) is 5.18. The third-order valence-corrected chi connectivity index (χ3v) is 5.26. The summed E-state index contributed by atoms with van der Waals surface area (Å²) in [5, 5.41) is 0.735. The third kappa shape index (κ3) is 3.44. The van der Waals surface area contributed by atoms with E-state index in [4.69, 9.17) is 27.9 Å². The van der Waals surface area contributed by atoms with Crippen LogP contribution in [0.2, 0.25) is 10.0 Å². The minimum absolute atomic E-state index is 0.0349. The van der Waals surface area contributed by atoms with E-state index in [2.05, 4.69) is 13.8 Å². The fraction of sp³-hybridized carbons (Fsp3) is 0.588. The number of benzene rings is 1. The Bertz CT molecular complexity index is 528. The Morgan fingerprint density at radius 1 is 1.19 bits per heavy atom. The first-order chi connectivity index (χ1) is 9.81. The van der Waals surface area contributed by atoms with E-state index in [1.165, 1.54) is 0 Å². The minimum Gasteiger partial charge on any atom is -0.367 e. The Labute approximate surface area is 136 Å². The molecule has 1 saturated carbocycles. The average Bonchev–Trinajstić information content (AvgIpc) is 2.44. The monoisotopic (exact) mass is 328 g/mol. The van der Waals surface area contributed by atoms with Crippen LogP contribution in [0.5, 0.6) is 0 Å². The smallest absolute Gasteiger partial charge is 0.196 e. The summed E-state index contributed by atoms with van der Waals surface area (Å²) < 4.78 is 5.92. The first kappa shape index (κ1) is 16.8. The van der Waals surface area contributed by atoms with Crippen LogP contribution in [0.1, 0.15) is 56.8 Å². The van der Waals surface area contributed by atoms with Crippen LogP contribution < -0.4 is 0 Å². The number of Topliss-reactive ketones (excluding diaryl/α,β-unsaturated/α-hetero) is 1. The maximum atomic E-state index is 13.0. The maximum absolute atomic E-state index is 13.0. The summed E-state index contributed by atoms with van der Waals surface area (Å²) in [6.45, 7) is 6.91. The fourth-order valence-corrected chi connectivity index (χ4v) is 3.35. The average molecular weight is 329 g/mol. The van der Waals surface area contributed by atoms with Gasteiger partial charge in [0.05, 0.1) is 10.0 Å². The molecule has 2 rings (SSSR count). The molecule has 2 nitrogen and oxygen atoms in total. The molecule has 1 aliphatic carbocycles. The molecule has 1 fully saturated rings. The van der Waals surface area contributed by atoms with E-state index in [1.54, 1.807) is 18.2 Å². The van der Waals surface area contributed by atoms with Gasteiger partial charge in [0.15, 0.2) is 5.78 Å². The van der Waals surface area contributed by atoms with Gasteiger partial charge >= 0.3 is 0 Å². The summed E-state index contributed by atoms with van der Waals surface area (Å²) in [5.74, 6) is -0.0349. The van der Waals surface area contributed by atoms with Crippen LogP contribution in [-0.4, -0.2) is 18.0 Å². The molecule has 0 unspecified atom stereocenters. The van der Waals surface area contributed by atoms with Gasteiger partial charge < -0.3 is 4.74 Å². The Kier molecular flexibility index (Phi) is 5.02. The highest BCUT2D eigenvalue weighted by Crippen LogP contribution is 2.44. The lowest BCUT2D eigenvalue weighted by Crippen LogP contribution is -2.46. The van der Waals surface area contributed by atoms with Gasteiger partial charge in [0, 0.05) is 12.2 Å². The number of halogens is 2. The van der Waals surface area contributed by atoms with Crippen molar-refractivity contribution in [1.29, 1.82) is 0 Å². The van der Waals surface area contributed by atoms with Crippen LogP contribution in [0.3, 0.4) is 0 Å². The van der Waals surface area contributed by atoms with E-state index in [1.807, 2.05) is 6.92 Å². The summed E-state index contributed by atoms with van der Waals surface area (Å²) in [4.78, 5) is 13.0. The third-order valence-electron chi connectivity index (χ3n) is 4.44. The molecule has 1 aliphatic rings. The number of rotatable bonds is 4. The Morgan fingerprint density at radius 3 is 2.38 bits per heavy atom. The number of hydrogen-bond acceptors (Lipinski definition) is 2. The van der Waals surface area contributed by atoms with Gasteiger partial charge in [-0.25, -0.2) is 0 Å². The predicted octanol–water partition coefficient (Wildman–Crippen LogP) is 5.55. The van der Waals surface area contributed by atoms with E-state index < -0.39 is 5.60 Å². The second-order valence-electron chi connectivity index (χ2n) is 6.52. The summed E-state index contributed by atoms with van der Waals surface area (Å²) in [7, 11) is 0. The first-order valence-electron chi connectivity index (χ1n) is 7.44. The Morgan fingerprint density at radius 2 is 1.81 bits per heavy atom. The van der Waals surface area contributed by atoms with Crippen LogP contribution in [0, 0.1) is 5.41 Å². The predicted molar refractivity (Wildman–Crippen MR) is 87.4 cm³/mol. The van der Waals surface area contributed by atoms with E-state index in [9.17, 15) is 4.79 Å². The summed E-state index contributed by atoms with van der Waals surface area (Å²) in [6.07, 6.45) is 3.40. The van der Waals surface area contributed by atoms with E-state index in [-0.39, 0.29) is 11.2 Å². The van der Waals surface area contributed by atoms with Crippen LogP contribution in [0.15, 0.2) is 18.2 Å². The number of carbonyl (C=O) groups is 1. The molecular weight excluding hydrogens is 307 g/mol. The number of carbonyl (C=O) groups excluding carboxylic acids is 1. The van der Waals surface area contributed by atoms with Crippen molar-refractivity contribution in [2.24, 2.45) is 5.41 Å². The van der Waals surface area contributed by atoms with E-state index >= 15 is 0 Å². The van der Waals surface area contributed by atoms with Crippen molar-refractivity contribution in [1.82, 2.24) is 0 Å². The van der Waals surface area contributed by atoms with Crippen LogP contribution in [0.4, 0.5) is 0 Å². The lowest BCUT2D eigenvalue weighted by atomic mass is 9.68. The van der Waals surface area contributed by atoms with Crippen molar-refractivity contribution in [3.05, 3.63) is 33.8 Å². The molecule has 0 spiro atoms. The molecule has 0 N–H and O–H groups in total. The largest absolute Gasteiger partial charge is 0.367 e. The maximum Gasteiger partial charge on any atom is 0.196 e. The topological polar surface area (TPSA) is 26.3 Å². The van der Waals surface area contributed by atoms with Gasteiger partial charge in [-0.1, -0.05) is 43.1 Å². The molecule has 1 aromatic rings. The van der Waals surface area contributed by atoms with Gasteiger partial charge in [0.2, 0.25) is 0 Å². The molecule has 0 aromatic heterocycles. The highest BCUT2D eigenvalue weighted by molar-refractivity contribution is 6.44. The van der Waals surface area contributed by atoms with Crippen molar-refractivity contribution >= 4 is 29.0 Å². The van der Waals surface area contributed by atoms with Crippen LogP contribution >= 0.6 is 23.2 Å². The molecule has 0 atom stereocenters. The van der Waals surface area contributed by atoms with Crippen molar-refractivity contribution in [3.8, 4) is 0 Å². The van der Waals surface area contributed by atoms with Gasteiger partial charge in [0.1, 0.15) is 5.60 Å². The van der Waals surface area contributed by atoms with Gasteiger partial charge in [0.25, 0.3) is 0 Å². The van der Waals surface area contributed by atoms with Gasteiger partial charge in [-0.3, -0.25) is 4.79 Å². The van der Waals surface area contributed by atoms with Crippen molar-refractivity contribution in [2.45, 2.75) is 52.1 Å². The minimum atomic E-state index is -0.751. The van der Waals surface area contributed by atoms with Gasteiger partial charge in [-0.15, -0.1) is 0 Å².